The molecule has 3 rings (SSSR count). The standard InChI is InChI=1S/C15H16N4O/c1-9-4-3-5-12-14(9)15(19-18-12)13(20)7-6-11-10(2)16-8-17-11/h3-5,8H,6-7H2,1-2H3,(H,16,17)(H,18,19). The van der Waals surface area contributed by atoms with Crippen LogP contribution in [0.4, 0.5) is 0 Å². The average molecular weight is 268 g/mol. The van der Waals surface area contributed by atoms with Crippen LogP contribution in [0.3, 0.4) is 0 Å². The Kier molecular flexibility index (Phi) is 3.10. The van der Waals surface area contributed by atoms with Crippen LogP contribution in [0.1, 0.15) is 33.9 Å². The molecule has 0 aliphatic rings. The van der Waals surface area contributed by atoms with Crippen molar-refractivity contribution in [3.8, 4) is 0 Å². The highest BCUT2D eigenvalue weighted by atomic mass is 16.1. The second kappa shape index (κ2) is 4.92. The number of carbonyl (C=O) groups is 1. The summed E-state index contributed by atoms with van der Waals surface area (Å²) in [5, 5.41) is 8.02. The van der Waals surface area contributed by atoms with E-state index in [1.165, 1.54) is 0 Å². The molecule has 0 radical (unpaired) electrons. The molecule has 2 heterocycles. The zero-order valence-electron chi connectivity index (χ0n) is 11.5. The van der Waals surface area contributed by atoms with Gasteiger partial charge in [0.15, 0.2) is 5.78 Å². The molecule has 0 saturated heterocycles. The van der Waals surface area contributed by atoms with Gasteiger partial charge in [-0.1, -0.05) is 12.1 Å². The van der Waals surface area contributed by atoms with Crippen LogP contribution in [0.15, 0.2) is 24.5 Å². The smallest absolute Gasteiger partial charge is 0.184 e. The van der Waals surface area contributed by atoms with Gasteiger partial charge in [0.05, 0.1) is 17.5 Å². The number of Topliss-reactive ketones (excluding diaryl/α,β-unsaturated/α-hetero) is 1. The molecule has 0 aliphatic heterocycles. The Morgan fingerprint density at radius 3 is 2.90 bits per heavy atom. The lowest BCUT2D eigenvalue weighted by Gasteiger charge is -2.00. The van der Waals surface area contributed by atoms with Crippen LogP contribution in [0.2, 0.25) is 0 Å². The summed E-state index contributed by atoms with van der Waals surface area (Å²) in [6.07, 6.45) is 2.71. The van der Waals surface area contributed by atoms with Crippen molar-refractivity contribution in [2.75, 3.05) is 0 Å². The van der Waals surface area contributed by atoms with Crippen LogP contribution in [0.5, 0.6) is 0 Å². The van der Waals surface area contributed by atoms with E-state index in [-0.39, 0.29) is 5.78 Å². The molecule has 1 aromatic carbocycles. The monoisotopic (exact) mass is 268 g/mol. The molecule has 0 aliphatic carbocycles. The first-order chi connectivity index (χ1) is 9.66. The largest absolute Gasteiger partial charge is 0.348 e. The van der Waals surface area contributed by atoms with Crippen molar-refractivity contribution < 1.29 is 4.79 Å². The molecule has 0 unspecified atom stereocenters. The van der Waals surface area contributed by atoms with Crippen molar-refractivity contribution in [1.29, 1.82) is 0 Å². The fourth-order valence-corrected chi connectivity index (χ4v) is 2.44. The van der Waals surface area contributed by atoms with Gasteiger partial charge in [-0.15, -0.1) is 0 Å². The molecule has 0 atom stereocenters. The zero-order chi connectivity index (χ0) is 14.1. The lowest BCUT2D eigenvalue weighted by Crippen LogP contribution is -2.03. The highest BCUT2D eigenvalue weighted by Crippen LogP contribution is 2.21. The van der Waals surface area contributed by atoms with E-state index in [0.717, 1.165) is 27.9 Å². The second-order valence-corrected chi connectivity index (χ2v) is 4.97. The molecule has 0 saturated carbocycles. The van der Waals surface area contributed by atoms with Crippen LogP contribution in [0, 0.1) is 13.8 Å². The maximum absolute atomic E-state index is 12.4. The van der Waals surface area contributed by atoms with Gasteiger partial charge >= 0.3 is 0 Å². The lowest BCUT2D eigenvalue weighted by molar-refractivity contribution is 0.0979. The fraction of sp³-hybridized carbons (Fsp3) is 0.267. The molecule has 0 fully saturated rings. The Hall–Kier alpha value is -2.43. The molecule has 0 bridgehead atoms. The number of hydrogen-bond donors (Lipinski definition) is 2. The zero-order valence-corrected chi connectivity index (χ0v) is 11.5. The Labute approximate surface area is 116 Å². The van der Waals surface area contributed by atoms with Crippen molar-refractivity contribution >= 4 is 16.7 Å². The summed E-state index contributed by atoms with van der Waals surface area (Å²) < 4.78 is 0. The number of aromatic amines is 2. The first-order valence-electron chi connectivity index (χ1n) is 6.62. The first kappa shape index (κ1) is 12.6. The highest BCUT2D eigenvalue weighted by Gasteiger charge is 2.16. The van der Waals surface area contributed by atoms with Gasteiger partial charge in [0, 0.05) is 17.5 Å². The number of aromatic nitrogens is 4. The van der Waals surface area contributed by atoms with Gasteiger partial charge in [-0.3, -0.25) is 9.89 Å². The number of fused-ring (bicyclic) bond motifs is 1. The minimum atomic E-state index is 0.0490. The van der Waals surface area contributed by atoms with Gasteiger partial charge < -0.3 is 4.98 Å². The van der Waals surface area contributed by atoms with Crippen LogP contribution in [-0.2, 0) is 6.42 Å². The number of nitrogens with one attached hydrogen (secondary N) is 2. The minimum Gasteiger partial charge on any atom is -0.348 e. The van der Waals surface area contributed by atoms with Crippen molar-refractivity contribution in [1.82, 2.24) is 20.2 Å². The second-order valence-electron chi connectivity index (χ2n) is 4.97. The number of hydrogen-bond acceptors (Lipinski definition) is 3. The normalized spacial score (nSPS) is 11.1. The average Bonchev–Trinajstić information content (AvgIpc) is 3.03. The Morgan fingerprint density at radius 2 is 2.15 bits per heavy atom. The van der Waals surface area contributed by atoms with Crippen LogP contribution in [-0.4, -0.2) is 25.9 Å². The fourth-order valence-electron chi connectivity index (χ4n) is 2.44. The summed E-state index contributed by atoms with van der Waals surface area (Å²) >= 11 is 0. The maximum Gasteiger partial charge on any atom is 0.184 e. The van der Waals surface area contributed by atoms with Gasteiger partial charge in [-0.05, 0) is 31.9 Å². The Bertz CT molecular complexity index is 769. The number of rotatable bonds is 4. The number of nitrogens with zero attached hydrogens (tertiary/aromatic N) is 2. The molecule has 2 N–H and O–H groups in total. The van der Waals surface area contributed by atoms with Gasteiger partial charge in [-0.2, -0.15) is 5.10 Å². The molecule has 3 aromatic rings. The van der Waals surface area contributed by atoms with Crippen molar-refractivity contribution in [3.05, 3.63) is 47.2 Å². The number of ketones is 1. The van der Waals surface area contributed by atoms with E-state index in [9.17, 15) is 4.79 Å². The molecule has 2 aromatic heterocycles. The number of benzene rings is 1. The highest BCUT2D eigenvalue weighted by molar-refractivity contribution is 6.06. The van der Waals surface area contributed by atoms with Crippen LogP contribution >= 0.6 is 0 Å². The van der Waals surface area contributed by atoms with Crippen molar-refractivity contribution in [2.24, 2.45) is 0 Å². The Balaban J connectivity index is 1.84. The summed E-state index contributed by atoms with van der Waals surface area (Å²) in [5.41, 5.74) is 4.46. The molecule has 0 amide bonds. The number of carbonyl (C=O) groups excluding carboxylic acids is 1. The predicted molar refractivity (Wildman–Crippen MR) is 76.8 cm³/mol. The van der Waals surface area contributed by atoms with E-state index < -0.39 is 0 Å². The number of H-pyrrole nitrogens is 2. The number of aryl methyl sites for hydroxylation is 3. The molecular formula is C15H16N4O. The van der Waals surface area contributed by atoms with Gasteiger partial charge in [-0.25, -0.2) is 4.98 Å². The topological polar surface area (TPSA) is 74.4 Å². The van der Waals surface area contributed by atoms with E-state index in [1.807, 2.05) is 32.0 Å². The molecular weight excluding hydrogens is 252 g/mol. The van der Waals surface area contributed by atoms with Gasteiger partial charge in [0.2, 0.25) is 0 Å². The number of imidazole rings is 1. The third kappa shape index (κ3) is 2.11. The molecule has 0 spiro atoms. The Morgan fingerprint density at radius 1 is 1.30 bits per heavy atom. The molecule has 5 nitrogen and oxygen atoms in total. The SMILES string of the molecule is Cc1[nH]cnc1CCC(=O)c1n[nH]c2cccc(C)c12. The van der Waals surface area contributed by atoms with Gasteiger partial charge in [0.25, 0.3) is 0 Å². The maximum atomic E-state index is 12.4. The van der Waals surface area contributed by atoms with Crippen molar-refractivity contribution in [3.63, 3.8) is 0 Å². The van der Waals surface area contributed by atoms with E-state index in [2.05, 4.69) is 20.2 Å². The summed E-state index contributed by atoms with van der Waals surface area (Å²) in [7, 11) is 0. The molecule has 20 heavy (non-hydrogen) atoms. The summed E-state index contributed by atoms with van der Waals surface area (Å²) in [5.74, 6) is 0.0490. The molecule has 102 valence electrons. The summed E-state index contributed by atoms with van der Waals surface area (Å²) in [4.78, 5) is 19.6. The molecule has 5 heteroatoms. The van der Waals surface area contributed by atoms with E-state index in [4.69, 9.17) is 0 Å². The van der Waals surface area contributed by atoms with Gasteiger partial charge in [0.1, 0.15) is 5.69 Å². The summed E-state index contributed by atoms with van der Waals surface area (Å²) in [6, 6.07) is 5.88. The quantitative estimate of drug-likeness (QED) is 0.714. The predicted octanol–water partition coefficient (Wildman–Crippen LogP) is 2.72. The third-order valence-electron chi connectivity index (χ3n) is 3.59. The van der Waals surface area contributed by atoms with Crippen molar-refractivity contribution in [2.45, 2.75) is 26.7 Å². The minimum absolute atomic E-state index is 0.0490. The summed E-state index contributed by atoms with van der Waals surface area (Å²) in [6.45, 7) is 3.95. The van der Waals surface area contributed by atoms with E-state index in [1.54, 1.807) is 6.33 Å². The third-order valence-corrected chi connectivity index (χ3v) is 3.59. The van der Waals surface area contributed by atoms with Crippen LogP contribution in [0.25, 0.3) is 10.9 Å². The first-order valence-corrected chi connectivity index (χ1v) is 6.62. The lowest BCUT2D eigenvalue weighted by atomic mass is 10.0. The van der Waals surface area contributed by atoms with Crippen LogP contribution < -0.4 is 0 Å². The van der Waals surface area contributed by atoms with E-state index in [0.29, 0.717) is 18.5 Å². The van der Waals surface area contributed by atoms with E-state index >= 15 is 0 Å².